The van der Waals surface area contributed by atoms with Crippen LogP contribution in [0, 0.1) is 0 Å². The van der Waals surface area contributed by atoms with E-state index in [4.69, 9.17) is 4.74 Å². The summed E-state index contributed by atoms with van der Waals surface area (Å²) in [6.07, 6.45) is 7.26. The van der Waals surface area contributed by atoms with E-state index in [-0.39, 0.29) is 0 Å². The van der Waals surface area contributed by atoms with Gasteiger partial charge in [0.15, 0.2) is 0 Å². The molecular weight excluding hydrogens is 238 g/mol. The third kappa shape index (κ3) is 4.32. The molecule has 1 aliphatic carbocycles. The first-order chi connectivity index (χ1) is 9.19. The lowest BCUT2D eigenvalue weighted by Crippen LogP contribution is -2.35. The van der Waals surface area contributed by atoms with E-state index < -0.39 is 0 Å². The van der Waals surface area contributed by atoms with Crippen LogP contribution in [-0.4, -0.2) is 28.5 Å². The lowest BCUT2D eigenvalue weighted by atomic mass is 9.93. The van der Waals surface area contributed by atoms with E-state index >= 15 is 0 Å². The van der Waals surface area contributed by atoms with Crippen LogP contribution in [0.2, 0.25) is 0 Å². The van der Waals surface area contributed by atoms with E-state index in [1.54, 1.807) is 0 Å². The topological polar surface area (TPSA) is 39.1 Å². The zero-order valence-electron chi connectivity index (χ0n) is 12.4. The highest BCUT2D eigenvalue weighted by Crippen LogP contribution is 2.22. The lowest BCUT2D eigenvalue weighted by molar-refractivity contribution is 0.00967. The standard InChI is InChI=1S/C15H27N3O/c1-4-16-13-5-7-15(8-6-13)19-11-14-9-10-18(17-14)12(2)3/h9-10,12-13,15-16H,4-8,11H2,1-3H3. The summed E-state index contributed by atoms with van der Waals surface area (Å²) in [5.41, 5.74) is 1.04. The molecule has 0 unspecified atom stereocenters. The highest BCUT2D eigenvalue weighted by atomic mass is 16.5. The summed E-state index contributed by atoms with van der Waals surface area (Å²) in [6.45, 7) is 8.17. The van der Waals surface area contributed by atoms with Gasteiger partial charge in [-0.25, -0.2) is 0 Å². The van der Waals surface area contributed by atoms with Crippen LogP contribution in [0.25, 0.3) is 0 Å². The van der Waals surface area contributed by atoms with Crippen molar-refractivity contribution >= 4 is 0 Å². The fraction of sp³-hybridized carbons (Fsp3) is 0.800. The van der Waals surface area contributed by atoms with Crippen molar-refractivity contribution in [3.63, 3.8) is 0 Å². The van der Waals surface area contributed by atoms with Gasteiger partial charge in [-0.2, -0.15) is 5.10 Å². The molecule has 0 radical (unpaired) electrons. The third-order valence-corrected chi connectivity index (χ3v) is 3.83. The second-order valence-electron chi connectivity index (χ2n) is 5.72. The molecule has 0 bridgehead atoms. The van der Waals surface area contributed by atoms with E-state index in [1.165, 1.54) is 25.7 Å². The first-order valence-electron chi connectivity index (χ1n) is 7.58. The Bertz CT molecular complexity index is 367. The second-order valence-corrected chi connectivity index (χ2v) is 5.72. The van der Waals surface area contributed by atoms with E-state index in [1.807, 2.05) is 10.9 Å². The van der Waals surface area contributed by atoms with E-state index in [0.29, 0.717) is 24.8 Å². The molecule has 0 spiro atoms. The molecule has 1 saturated carbocycles. The first-order valence-corrected chi connectivity index (χ1v) is 7.58. The van der Waals surface area contributed by atoms with Crippen molar-refractivity contribution in [2.24, 2.45) is 0 Å². The number of ether oxygens (including phenoxy) is 1. The molecule has 0 saturated heterocycles. The maximum Gasteiger partial charge on any atom is 0.0910 e. The van der Waals surface area contributed by atoms with Crippen LogP contribution in [0.15, 0.2) is 12.3 Å². The van der Waals surface area contributed by atoms with Crippen LogP contribution in [0.1, 0.15) is 58.2 Å². The van der Waals surface area contributed by atoms with Gasteiger partial charge < -0.3 is 10.1 Å². The van der Waals surface area contributed by atoms with Crippen molar-refractivity contribution in [1.82, 2.24) is 15.1 Å². The molecule has 0 aliphatic heterocycles. The molecule has 4 heteroatoms. The summed E-state index contributed by atoms with van der Waals surface area (Å²) in [6, 6.07) is 3.18. The van der Waals surface area contributed by atoms with Crippen LogP contribution in [-0.2, 0) is 11.3 Å². The number of rotatable bonds is 6. The Morgan fingerprint density at radius 3 is 2.68 bits per heavy atom. The number of hydrogen-bond acceptors (Lipinski definition) is 3. The zero-order valence-corrected chi connectivity index (χ0v) is 12.4. The van der Waals surface area contributed by atoms with Gasteiger partial charge in [0.05, 0.1) is 18.4 Å². The Balaban J connectivity index is 1.71. The zero-order chi connectivity index (χ0) is 13.7. The predicted molar refractivity (Wildman–Crippen MR) is 77.1 cm³/mol. The molecule has 1 N–H and O–H groups in total. The van der Waals surface area contributed by atoms with Crippen molar-refractivity contribution in [3.8, 4) is 0 Å². The number of nitrogens with one attached hydrogen (secondary N) is 1. The van der Waals surface area contributed by atoms with Crippen LogP contribution < -0.4 is 5.32 Å². The average Bonchev–Trinajstić information content (AvgIpc) is 2.87. The highest BCUT2D eigenvalue weighted by Gasteiger charge is 2.21. The largest absolute Gasteiger partial charge is 0.372 e. The molecule has 1 aromatic heterocycles. The number of hydrogen-bond donors (Lipinski definition) is 1. The minimum atomic E-state index is 0.416. The molecule has 0 atom stereocenters. The van der Waals surface area contributed by atoms with Gasteiger partial charge in [-0.05, 0) is 52.1 Å². The lowest BCUT2D eigenvalue weighted by Gasteiger charge is -2.28. The normalized spacial score (nSPS) is 24.0. The van der Waals surface area contributed by atoms with Gasteiger partial charge in [-0.1, -0.05) is 6.92 Å². The summed E-state index contributed by atoms with van der Waals surface area (Å²) in [5.74, 6) is 0. The van der Waals surface area contributed by atoms with Gasteiger partial charge >= 0.3 is 0 Å². The summed E-state index contributed by atoms with van der Waals surface area (Å²) in [7, 11) is 0. The molecule has 1 aromatic rings. The van der Waals surface area contributed by atoms with Crippen molar-refractivity contribution in [3.05, 3.63) is 18.0 Å². The van der Waals surface area contributed by atoms with Crippen molar-refractivity contribution in [1.29, 1.82) is 0 Å². The SMILES string of the molecule is CCNC1CCC(OCc2ccn(C(C)C)n2)CC1. The Morgan fingerprint density at radius 2 is 2.11 bits per heavy atom. The third-order valence-electron chi connectivity index (χ3n) is 3.83. The first kappa shape index (κ1) is 14.5. The van der Waals surface area contributed by atoms with E-state index in [9.17, 15) is 0 Å². The monoisotopic (exact) mass is 265 g/mol. The quantitative estimate of drug-likeness (QED) is 0.859. The molecular formula is C15H27N3O. The fourth-order valence-electron chi connectivity index (χ4n) is 2.67. The molecule has 4 nitrogen and oxygen atoms in total. The summed E-state index contributed by atoms with van der Waals surface area (Å²) in [4.78, 5) is 0. The van der Waals surface area contributed by atoms with Crippen molar-refractivity contribution in [2.75, 3.05) is 6.54 Å². The summed E-state index contributed by atoms with van der Waals surface area (Å²) < 4.78 is 7.97. The molecule has 1 aliphatic rings. The van der Waals surface area contributed by atoms with Gasteiger partial charge in [0.25, 0.3) is 0 Å². The van der Waals surface area contributed by atoms with Gasteiger partial charge in [-0.3, -0.25) is 4.68 Å². The number of nitrogens with zero attached hydrogens (tertiary/aromatic N) is 2. The molecule has 0 aromatic carbocycles. The molecule has 2 rings (SSSR count). The Kier molecular flexibility index (Phi) is 5.40. The molecule has 0 amide bonds. The van der Waals surface area contributed by atoms with Gasteiger partial charge in [0.1, 0.15) is 0 Å². The van der Waals surface area contributed by atoms with Gasteiger partial charge in [0, 0.05) is 18.3 Å². The van der Waals surface area contributed by atoms with Crippen molar-refractivity contribution in [2.45, 2.75) is 71.2 Å². The molecule has 1 fully saturated rings. The maximum atomic E-state index is 5.98. The van der Waals surface area contributed by atoms with Gasteiger partial charge in [-0.15, -0.1) is 0 Å². The van der Waals surface area contributed by atoms with Crippen molar-refractivity contribution < 1.29 is 4.74 Å². The van der Waals surface area contributed by atoms with Crippen LogP contribution in [0.5, 0.6) is 0 Å². The molecule has 19 heavy (non-hydrogen) atoms. The Labute approximate surface area is 116 Å². The molecule has 1 heterocycles. The average molecular weight is 265 g/mol. The molecule has 108 valence electrons. The summed E-state index contributed by atoms with van der Waals surface area (Å²) >= 11 is 0. The summed E-state index contributed by atoms with van der Waals surface area (Å²) in [5, 5.41) is 8.04. The predicted octanol–water partition coefficient (Wildman–Crippen LogP) is 2.90. The fourth-order valence-corrected chi connectivity index (χ4v) is 2.67. The Hall–Kier alpha value is -0.870. The maximum absolute atomic E-state index is 5.98. The second kappa shape index (κ2) is 7.06. The highest BCUT2D eigenvalue weighted by molar-refractivity contribution is 4.98. The number of aromatic nitrogens is 2. The van der Waals surface area contributed by atoms with E-state index in [0.717, 1.165) is 12.2 Å². The Morgan fingerprint density at radius 1 is 1.37 bits per heavy atom. The van der Waals surface area contributed by atoms with Crippen LogP contribution in [0.3, 0.4) is 0 Å². The minimum absolute atomic E-state index is 0.416. The smallest absolute Gasteiger partial charge is 0.0910 e. The van der Waals surface area contributed by atoms with Crippen LogP contribution in [0.4, 0.5) is 0 Å². The van der Waals surface area contributed by atoms with Gasteiger partial charge in [0.2, 0.25) is 0 Å². The van der Waals surface area contributed by atoms with E-state index in [2.05, 4.69) is 37.3 Å². The van der Waals surface area contributed by atoms with Crippen LogP contribution >= 0.6 is 0 Å². The minimum Gasteiger partial charge on any atom is -0.372 e.